The van der Waals surface area contributed by atoms with Crippen molar-refractivity contribution in [2.24, 2.45) is 0 Å². The Labute approximate surface area is 144 Å². The quantitative estimate of drug-likeness (QED) is 0.825. The number of carbonyl (C=O) groups excluding carboxylic acids is 1. The molecule has 0 fully saturated rings. The van der Waals surface area contributed by atoms with Crippen molar-refractivity contribution in [3.8, 4) is 11.3 Å². The van der Waals surface area contributed by atoms with E-state index in [9.17, 15) is 4.79 Å². The predicted octanol–water partition coefficient (Wildman–Crippen LogP) is 3.42. The number of likely N-dealkylation sites (N-methyl/N-ethyl adjacent to an activating group) is 1. The monoisotopic (exact) mass is 356 g/mol. The third-order valence-electron chi connectivity index (χ3n) is 3.41. The van der Waals surface area contributed by atoms with Crippen molar-refractivity contribution in [3.63, 3.8) is 0 Å². The maximum absolute atomic E-state index is 12.0. The molecule has 0 radical (unpaired) electrons. The average Bonchev–Trinajstić information content (AvgIpc) is 2.99. The topological polar surface area (TPSA) is 66.6 Å². The molecule has 1 N–H and O–H groups in total. The van der Waals surface area contributed by atoms with Gasteiger partial charge in [-0.15, -0.1) is 0 Å². The molecule has 5 nitrogen and oxygen atoms in total. The lowest BCUT2D eigenvalue weighted by Crippen LogP contribution is -2.33. The lowest BCUT2D eigenvalue weighted by Gasteiger charge is -2.19. The standard InChI is InChI=1S/C16H18Cl2N2O3/c1-2-20(7-8-21)16(22)6-5-15-19-10-14(23-15)12-4-3-11(17)9-13(12)18/h3-4,9-10,21H,2,5-8H2,1H3. The summed E-state index contributed by atoms with van der Waals surface area (Å²) < 4.78 is 5.66. The average molecular weight is 357 g/mol. The van der Waals surface area contributed by atoms with Crippen LogP contribution in [0.4, 0.5) is 0 Å². The number of aliphatic hydroxyl groups excluding tert-OH is 1. The normalized spacial score (nSPS) is 10.8. The van der Waals surface area contributed by atoms with Gasteiger partial charge in [-0.3, -0.25) is 4.79 Å². The summed E-state index contributed by atoms with van der Waals surface area (Å²) in [6.45, 7) is 2.74. The Morgan fingerprint density at radius 3 is 2.83 bits per heavy atom. The SMILES string of the molecule is CCN(CCO)C(=O)CCc1ncc(-c2ccc(Cl)cc2Cl)o1. The van der Waals surface area contributed by atoms with Crippen LogP contribution in [0.15, 0.2) is 28.8 Å². The molecule has 0 saturated heterocycles. The molecule has 0 aliphatic rings. The van der Waals surface area contributed by atoms with E-state index in [4.69, 9.17) is 32.7 Å². The Kier molecular flexibility index (Phi) is 6.45. The van der Waals surface area contributed by atoms with Crippen LogP contribution in [0.3, 0.4) is 0 Å². The summed E-state index contributed by atoms with van der Waals surface area (Å²) in [6.07, 6.45) is 2.26. The van der Waals surface area contributed by atoms with Gasteiger partial charge >= 0.3 is 0 Å². The first-order chi connectivity index (χ1) is 11.0. The Balaban J connectivity index is 2.01. The van der Waals surface area contributed by atoms with Crippen molar-refractivity contribution >= 4 is 29.1 Å². The molecular formula is C16H18Cl2N2O3. The molecule has 0 atom stereocenters. The van der Waals surface area contributed by atoms with Crippen LogP contribution in [-0.2, 0) is 11.2 Å². The molecule has 1 aromatic heterocycles. The van der Waals surface area contributed by atoms with Gasteiger partial charge in [-0.1, -0.05) is 23.2 Å². The van der Waals surface area contributed by atoms with Crippen LogP contribution >= 0.6 is 23.2 Å². The van der Waals surface area contributed by atoms with Crippen LogP contribution in [0, 0.1) is 0 Å². The molecule has 0 spiro atoms. The molecule has 124 valence electrons. The van der Waals surface area contributed by atoms with Gasteiger partial charge in [0, 0.05) is 36.5 Å². The molecule has 0 unspecified atom stereocenters. The molecule has 2 aromatic rings. The van der Waals surface area contributed by atoms with E-state index in [1.165, 1.54) is 0 Å². The number of aliphatic hydroxyl groups is 1. The highest BCUT2D eigenvalue weighted by atomic mass is 35.5. The zero-order valence-corrected chi connectivity index (χ0v) is 14.3. The van der Waals surface area contributed by atoms with Gasteiger partial charge in [0.05, 0.1) is 17.8 Å². The number of nitrogens with zero attached hydrogens (tertiary/aromatic N) is 2. The number of oxazole rings is 1. The Hall–Kier alpha value is -1.56. The molecule has 7 heteroatoms. The summed E-state index contributed by atoms with van der Waals surface area (Å²) in [4.78, 5) is 17.8. The summed E-state index contributed by atoms with van der Waals surface area (Å²) in [5.41, 5.74) is 0.705. The van der Waals surface area contributed by atoms with Gasteiger partial charge in [-0.05, 0) is 25.1 Å². The molecule has 1 aromatic carbocycles. The van der Waals surface area contributed by atoms with Gasteiger partial charge in [0.1, 0.15) is 0 Å². The predicted molar refractivity (Wildman–Crippen MR) is 89.6 cm³/mol. The van der Waals surface area contributed by atoms with Crippen molar-refractivity contribution < 1.29 is 14.3 Å². The zero-order chi connectivity index (χ0) is 16.8. The van der Waals surface area contributed by atoms with Gasteiger partial charge < -0.3 is 14.4 Å². The van der Waals surface area contributed by atoms with E-state index in [-0.39, 0.29) is 18.9 Å². The van der Waals surface area contributed by atoms with Crippen molar-refractivity contribution in [2.45, 2.75) is 19.8 Å². The molecule has 0 aliphatic carbocycles. The third-order valence-corrected chi connectivity index (χ3v) is 3.96. The van der Waals surface area contributed by atoms with Gasteiger partial charge in [-0.2, -0.15) is 0 Å². The molecule has 0 saturated carbocycles. The molecule has 0 aliphatic heterocycles. The number of benzene rings is 1. The highest BCUT2D eigenvalue weighted by Gasteiger charge is 2.14. The smallest absolute Gasteiger partial charge is 0.223 e. The van der Waals surface area contributed by atoms with Crippen molar-refractivity contribution in [1.29, 1.82) is 0 Å². The summed E-state index contributed by atoms with van der Waals surface area (Å²) in [5.74, 6) is 0.974. The minimum Gasteiger partial charge on any atom is -0.441 e. The fourth-order valence-corrected chi connectivity index (χ4v) is 2.69. The number of amides is 1. The Morgan fingerprint density at radius 2 is 2.17 bits per heavy atom. The third kappa shape index (κ3) is 4.70. The highest BCUT2D eigenvalue weighted by molar-refractivity contribution is 6.36. The van der Waals surface area contributed by atoms with Crippen LogP contribution in [0.25, 0.3) is 11.3 Å². The van der Waals surface area contributed by atoms with E-state index in [1.54, 1.807) is 29.3 Å². The molecule has 0 bridgehead atoms. The lowest BCUT2D eigenvalue weighted by atomic mass is 10.2. The Bertz CT molecular complexity index is 673. The van der Waals surface area contributed by atoms with E-state index >= 15 is 0 Å². The maximum atomic E-state index is 12.0. The summed E-state index contributed by atoms with van der Waals surface area (Å²) in [6, 6.07) is 5.13. The van der Waals surface area contributed by atoms with Gasteiger partial charge in [0.2, 0.25) is 5.91 Å². The second kappa shape index (κ2) is 8.34. The van der Waals surface area contributed by atoms with Crippen LogP contribution in [0.5, 0.6) is 0 Å². The van der Waals surface area contributed by atoms with Gasteiger partial charge in [0.15, 0.2) is 11.7 Å². The minimum atomic E-state index is -0.0439. The zero-order valence-electron chi connectivity index (χ0n) is 12.8. The summed E-state index contributed by atoms with van der Waals surface area (Å²) in [5, 5.41) is 9.96. The van der Waals surface area contributed by atoms with Crippen molar-refractivity contribution in [3.05, 3.63) is 40.3 Å². The van der Waals surface area contributed by atoms with Crippen LogP contribution in [0.2, 0.25) is 10.0 Å². The fourth-order valence-electron chi connectivity index (χ4n) is 2.19. The molecule has 23 heavy (non-hydrogen) atoms. The number of hydrogen-bond donors (Lipinski definition) is 1. The lowest BCUT2D eigenvalue weighted by molar-refractivity contribution is -0.131. The Morgan fingerprint density at radius 1 is 1.39 bits per heavy atom. The molecule has 2 rings (SSSR count). The number of rotatable bonds is 7. The van der Waals surface area contributed by atoms with Crippen LogP contribution < -0.4 is 0 Å². The van der Waals surface area contributed by atoms with Crippen molar-refractivity contribution in [2.75, 3.05) is 19.7 Å². The first kappa shape index (κ1) is 17.8. The first-order valence-corrected chi connectivity index (χ1v) is 8.09. The maximum Gasteiger partial charge on any atom is 0.223 e. The highest BCUT2D eigenvalue weighted by Crippen LogP contribution is 2.30. The molecule has 1 heterocycles. The van der Waals surface area contributed by atoms with E-state index in [1.807, 2.05) is 6.92 Å². The molecular weight excluding hydrogens is 339 g/mol. The van der Waals surface area contributed by atoms with Gasteiger partial charge in [0.25, 0.3) is 0 Å². The second-order valence-electron chi connectivity index (χ2n) is 4.94. The van der Waals surface area contributed by atoms with E-state index < -0.39 is 0 Å². The first-order valence-electron chi connectivity index (χ1n) is 7.34. The van der Waals surface area contributed by atoms with Crippen molar-refractivity contribution in [1.82, 2.24) is 9.88 Å². The van der Waals surface area contributed by atoms with E-state index in [2.05, 4.69) is 4.98 Å². The number of halogens is 2. The van der Waals surface area contributed by atoms with E-state index in [0.29, 0.717) is 46.8 Å². The fraction of sp³-hybridized carbons (Fsp3) is 0.375. The van der Waals surface area contributed by atoms with E-state index in [0.717, 1.165) is 0 Å². The number of aryl methyl sites for hydroxylation is 1. The number of hydrogen-bond acceptors (Lipinski definition) is 4. The van der Waals surface area contributed by atoms with Crippen LogP contribution in [0.1, 0.15) is 19.2 Å². The largest absolute Gasteiger partial charge is 0.441 e. The summed E-state index contributed by atoms with van der Waals surface area (Å²) in [7, 11) is 0. The molecule has 1 amide bonds. The number of aromatic nitrogens is 1. The second-order valence-corrected chi connectivity index (χ2v) is 5.78. The van der Waals surface area contributed by atoms with Gasteiger partial charge in [-0.25, -0.2) is 4.98 Å². The summed E-state index contributed by atoms with van der Waals surface area (Å²) >= 11 is 12.0. The van der Waals surface area contributed by atoms with Crippen LogP contribution in [-0.4, -0.2) is 40.6 Å². The number of carbonyl (C=O) groups is 1. The minimum absolute atomic E-state index is 0.0363.